The van der Waals surface area contributed by atoms with Crippen LogP contribution in [0.2, 0.25) is 5.15 Å². The molecule has 0 saturated carbocycles. The Hall–Kier alpha value is -0.280. The van der Waals surface area contributed by atoms with Crippen molar-refractivity contribution in [2.45, 2.75) is 20.3 Å². The molecule has 0 radical (unpaired) electrons. The molecule has 0 saturated heterocycles. The van der Waals surface area contributed by atoms with Crippen LogP contribution in [-0.2, 0) is 0 Å². The number of hydrogen-bond donors (Lipinski definition) is 1. The Morgan fingerprint density at radius 2 is 2.29 bits per heavy atom. The molecule has 0 aromatic carbocycles. The molecule has 0 unspecified atom stereocenters. The molecule has 4 heteroatoms. The van der Waals surface area contributed by atoms with Gasteiger partial charge < -0.3 is 5.32 Å². The summed E-state index contributed by atoms with van der Waals surface area (Å²) in [6.45, 7) is 5.32. The Morgan fingerprint density at radius 3 is 2.93 bits per heavy atom. The number of hydrogen-bond acceptors (Lipinski definition) is 2. The Bertz CT molecular complexity index is 302. The highest BCUT2D eigenvalue weighted by molar-refractivity contribution is 9.10. The van der Waals surface area contributed by atoms with Crippen molar-refractivity contribution in [1.82, 2.24) is 4.98 Å². The van der Waals surface area contributed by atoms with E-state index in [0.29, 0.717) is 11.1 Å². The van der Waals surface area contributed by atoms with Gasteiger partial charge in [-0.2, -0.15) is 0 Å². The first-order valence-corrected chi connectivity index (χ1v) is 5.81. The van der Waals surface area contributed by atoms with Gasteiger partial charge in [-0.3, -0.25) is 0 Å². The van der Waals surface area contributed by atoms with E-state index in [1.165, 1.54) is 0 Å². The Labute approximate surface area is 98.2 Å². The molecule has 1 rings (SSSR count). The number of nitrogens with zero attached hydrogens (tertiary/aromatic N) is 1. The number of anilines is 1. The first kappa shape index (κ1) is 11.8. The van der Waals surface area contributed by atoms with Crippen molar-refractivity contribution in [3.8, 4) is 0 Å². The van der Waals surface area contributed by atoms with Crippen molar-refractivity contribution in [3.63, 3.8) is 0 Å². The molecule has 1 aromatic rings. The quantitative estimate of drug-likeness (QED) is 0.843. The molecule has 0 aliphatic heterocycles. The minimum Gasteiger partial charge on any atom is -0.383 e. The maximum atomic E-state index is 5.92. The van der Waals surface area contributed by atoms with Crippen molar-refractivity contribution in [3.05, 3.63) is 21.9 Å². The van der Waals surface area contributed by atoms with E-state index in [1.807, 2.05) is 6.07 Å². The smallest absolute Gasteiger partial charge is 0.152 e. The topological polar surface area (TPSA) is 24.9 Å². The van der Waals surface area contributed by atoms with Gasteiger partial charge in [0.25, 0.3) is 0 Å². The van der Waals surface area contributed by atoms with Crippen LogP contribution in [0.4, 0.5) is 5.69 Å². The lowest BCUT2D eigenvalue weighted by molar-refractivity contribution is 0.607. The zero-order valence-corrected chi connectivity index (χ0v) is 10.7. The lowest BCUT2D eigenvalue weighted by Crippen LogP contribution is -2.05. The van der Waals surface area contributed by atoms with E-state index in [0.717, 1.165) is 23.1 Å². The van der Waals surface area contributed by atoms with Crippen LogP contribution in [0, 0.1) is 5.92 Å². The first-order valence-electron chi connectivity index (χ1n) is 4.64. The summed E-state index contributed by atoms with van der Waals surface area (Å²) >= 11 is 9.27. The van der Waals surface area contributed by atoms with Gasteiger partial charge in [0, 0.05) is 17.2 Å². The molecule has 14 heavy (non-hydrogen) atoms. The second-order valence-electron chi connectivity index (χ2n) is 3.60. The van der Waals surface area contributed by atoms with Crippen LogP contribution in [0.5, 0.6) is 0 Å². The SMILES string of the molecule is CC(C)CCNc1cc(Br)cnc1Cl. The summed E-state index contributed by atoms with van der Waals surface area (Å²) in [5.74, 6) is 0.696. The van der Waals surface area contributed by atoms with Crippen molar-refractivity contribution in [1.29, 1.82) is 0 Å². The predicted molar refractivity (Wildman–Crippen MR) is 64.9 cm³/mol. The largest absolute Gasteiger partial charge is 0.383 e. The normalized spacial score (nSPS) is 10.6. The van der Waals surface area contributed by atoms with E-state index in [-0.39, 0.29) is 0 Å². The first-order chi connectivity index (χ1) is 6.59. The summed E-state index contributed by atoms with van der Waals surface area (Å²) in [5.41, 5.74) is 0.890. The summed E-state index contributed by atoms with van der Waals surface area (Å²) in [4.78, 5) is 4.03. The fraction of sp³-hybridized carbons (Fsp3) is 0.500. The fourth-order valence-electron chi connectivity index (χ4n) is 1.04. The molecular weight excluding hydrogens is 263 g/mol. The predicted octanol–water partition coefficient (Wildman–Crippen LogP) is 3.96. The molecule has 0 atom stereocenters. The van der Waals surface area contributed by atoms with E-state index in [1.54, 1.807) is 6.20 Å². The lowest BCUT2D eigenvalue weighted by Gasteiger charge is -2.09. The van der Waals surface area contributed by atoms with Gasteiger partial charge in [0.2, 0.25) is 0 Å². The van der Waals surface area contributed by atoms with E-state index < -0.39 is 0 Å². The summed E-state index contributed by atoms with van der Waals surface area (Å²) < 4.78 is 0.939. The van der Waals surface area contributed by atoms with Crippen LogP contribution in [-0.4, -0.2) is 11.5 Å². The van der Waals surface area contributed by atoms with Gasteiger partial charge in [0.1, 0.15) is 0 Å². The van der Waals surface area contributed by atoms with Gasteiger partial charge in [-0.25, -0.2) is 4.98 Å². The van der Waals surface area contributed by atoms with Crippen LogP contribution in [0.1, 0.15) is 20.3 Å². The van der Waals surface area contributed by atoms with Crippen molar-refractivity contribution in [2.75, 3.05) is 11.9 Å². The molecule has 0 fully saturated rings. The average Bonchev–Trinajstić information content (AvgIpc) is 2.10. The Balaban J connectivity index is 2.53. The van der Waals surface area contributed by atoms with E-state index in [2.05, 4.69) is 40.1 Å². The maximum absolute atomic E-state index is 5.92. The Morgan fingerprint density at radius 1 is 1.57 bits per heavy atom. The summed E-state index contributed by atoms with van der Waals surface area (Å²) in [5, 5.41) is 3.79. The highest BCUT2D eigenvalue weighted by Gasteiger charge is 2.01. The number of rotatable bonds is 4. The third-order valence-electron chi connectivity index (χ3n) is 1.84. The second-order valence-corrected chi connectivity index (χ2v) is 4.87. The van der Waals surface area contributed by atoms with E-state index in [9.17, 15) is 0 Å². The molecule has 0 bridgehead atoms. The molecule has 78 valence electrons. The van der Waals surface area contributed by atoms with Gasteiger partial charge in [-0.1, -0.05) is 25.4 Å². The van der Waals surface area contributed by atoms with Crippen molar-refractivity contribution in [2.24, 2.45) is 5.92 Å². The van der Waals surface area contributed by atoms with Gasteiger partial charge in [-0.05, 0) is 34.3 Å². The van der Waals surface area contributed by atoms with Crippen LogP contribution >= 0.6 is 27.5 Å². The highest BCUT2D eigenvalue weighted by atomic mass is 79.9. The van der Waals surface area contributed by atoms with Crippen LogP contribution in [0.25, 0.3) is 0 Å². The van der Waals surface area contributed by atoms with Crippen LogP contribution in [0.3, 0.4) is 0 Å². The van der Waals surface area contributed by atoms with Crippen LogP contribution < -0.4 is 5.32 Å². The van der Waals surface area contributed by atoms with E-state index >= 15 is 0 Å². The second kappa shape index (κ2) is 5.56. The minimum atomic E-state index is 0.525. The minimum absolute atomic E-state index is 0.525. The highest BCUT2D eigenvalue weighted by Crippen LogP contribution is 2.22. The standard InChI is InChI=1S/C10H14BrClN2/c1-7(2)3-4-13-9-5-8(11)6-14-10(9)12/h5-7,13H,3-4H2,1-2H3. The van der Waals surface area contributed by atoms with Gasteiger partial charge >= 0.3 is 0 Å². The monoisotopic (exact) mass is 276 g/mol. The molecular formula is C10H14BrClN2. The number of aromatic nitrogens is 1. The fourth-order valence-corrected chi connectivity index (χ4v) is 1.54. The molecule has 2 nitrogen and oxygen atoms in total. The molecule has 0 aliphatic carbocycles. The summed E-state index contributed by atoms with van der Waals surface area (Å²) in [6.07, 6.45) is 2.82. The summed E-state index contributed by atoms with van der Waals surface area (Å²) in [7, 11) is 0. The molecule has 1 aromatic heterocycles. The third-order valence-corrected chi connectivity index (χ3v) is 2.58. The van der Waals surface area contributed by atoms with Gasteiger partial charge in [-0.15, -0.1) is 0 Å². The van der Waals surface area contributed by atoms with E-state index in [4.69, 9.17) is 11.6 Å². The molecule has 0 amide bonds. The number of pyridine rings is 1. The summed E-state index contributed by atoms with van der Waals surface area (Å²) in [6, 6.07) is 1.94. The number of halogens is 2. The number of nitrogens with one attached hydrogen (secondary N) is 1. The van der Waals surface area contributed by atoms with Gasteiger partial charge in [0.15, 0.2) is 5.15 Å². The molecule has 1 heterocycles. The molecule has 0 spiro atoms. The zero-order valence-electron chi connectivity index (χ0n) is 8.35. The van der Waals surface area contributed by atoms with Gasteiger partial charge in [0.05, 0.1) is 5.69 Å². The maximum Gasteiger partial charge on any atom is 0.152 e. The average molecular weight is 278 g/mol. The van der Waals surface area contributed by atoms with Crippen molar-refractivity contribution >= 4 is 33.2 Å². The zero-order chi connectivity index (χ0) is 10.6. The lowest BCUT2D eigenvalue weighted by atomic mass is 10.1. The van der Waals surface area contributed by atoms with Crippen LogP contribution in [0.15, 0.2) is 16.7 Å². The molecule has 0 aliphatic rings. The Kier molecular flexibility index (Phi) is 4.69. The van der Waals surface area contributed by atoms with Crippen molar-refractivity contribution < 1.29 is 0 Å². The molecule has 1 N–H and O–H groups in total. The third kappa shape index (κ3) is 3.84.